The molecule has 0 saturated carbocycles. The lowest BCUT2D eigenvalue weighted by atomic mass is 10.0. The van der Waals surface area contributed by atoms with Crippen LogP contribution in [0.25, 0.3) is 0 Å². The summed E-state index contributed by atoms with van der Waals surface area (Å²) in [5, 5.41) is 16.1. The first kappa shape index (κ1) is 25.3. The van der Waals surface area contributed by atoms with E-state index in [1.54, 1.807) is 31.3 Å². The van der Waals surface area contributed by atoms with Gasteiger partial charge in [0.2, 0.25) is 10.0 Å². The fraction of sp³-hybridized carbons (Fsp3) is 0.350. The summed E-state index contributed by atoms with van der Waals surface area (Å²) in [6.07, 6.45) is 0. The van der Waals surface area contributed by atoms with Crippen molar-refractivity contribution < 1.29 is 13.5 Å². The molecule has 0 aromatic heterocycles. The van der Waals surface area contributed by atoms with Crippen molar-refractivity contribution in [2.75, 3.05) is 34.3 Å². The summed E-state index contributed by atoms with van der Waals surface area (Å²) in [7, 11) is 1.27. The molecule has 0 aliphatic heterocycles. The van der Waals surface area contributed by atoms with Crippen LogP contribution in [0.2, 0.25) is 0 Å². The third-order valence-corrected chi connectivity index (χ3v) is 6.22. The zero-order valence-corrected chi connectivity index (χ0v) is 20.0. The van der Waals surface area contributed by atoms with Crippen molar-refractivity contribution in [3.8, 4) is 0 Å². The lowest BCUT2D eigenvalue weighted by Crippen LogP contribution is -2.39. The molecule has 7 nitrogen and oxygen atoms in total. The van der Waals surface area contributed by atoms with Gasteiger partial charge in [0.15, 0.2) is 5.96 Å². The highest BCUT2D eigenvalue weighted by atomic mass is 127. The molecule has 29 heavy (non-hydrogen) atoms. The second kappa shape index (κ2) is 12.1. The summed E-state index contributed by atoms with van der Waals surface area (Å²) in [5.74, 6) is 0.578. The number of aliphatic hydroxyl groups excluding tert-OH is 1. The average molecular weight is 532 g/mol. The Morgan fingerprint density at radius 2 is 1.69 bits per heavy atom. The number of rotatable bonds is 8. The number of hydrogen-bond donors (Lipinski definition) is 3. The summed E-state index contributed by atoms with van der Waals surface area (Å²) >= 11 is 0. The van der Waals surface area contributed by atoms with Gasteiger partial charge < -0.3 is 15.7 Å². The van der Waals surface area contributed by atoms with E-state index in [-0.39, 0.29) is 41.4 Å². The molecule has 2 aromatic carbocycles. The fourth-order valence-electron chi connectivity index (χ4n) is 2.63. The zero-order valence-electron chi connectivity index (χ0n) is 16.9. The maximum absolute atomic E-state index is 12.1. The van der Waals surface area contributed by atoms with Gasteiger partial charge in [0.25, 0.3) is 0 Å². The van der Waals surface area contributed by atoms with E-state index in [1.165, 1.54) is 18.4 Å². The van der Waals surface area contributed by atoms with Crippen molar-refractivity contribution >= 4 is 40.0 Å². The van der Waals surface area contributed by atoms with Crippen LogP contribution in [0.3, 0.4) is 0 Å². The number of nitrogens with one attached hydrogen (secondary N) is 2. The Bertz CT molecular complexity index is 872. The van der Waals surface area contributed by atoms with E-state index in [0.717, 1.165) is 11.1 Å². The minimum Gasteiger partial charge on any atom is -0.396 e. The molecule has 0 aliphatic carbocycles. The Labute approximate surface area is 190 Å². The number of nitrogens with zero attached hydrogens (tertiary/aromatic N) is 2. The van der Waals surface area contributed by atoms with Crippen molar-refractivity contribution in [2.45, 2.75) is 17.4 Å². The monoisotopic (exact) mass is 532 g/mol. The molecule has 0 radical (unpaired) electrons. The first-order valence-electron chi connectivity index (χ1n) is 9.00. The molecule has 0 heterocycles. The van der Waals surface area contributed by atoms with Gasteiger partial charge in [-0.15, -0.1) is 24.0 Å². The highest BCUT2D eigenvalue weighted by molar-refractivity contribution is 14.0. The van der Waals surface area contributed by atoms with Gasteiger partial charge in [-0.1, -0.05) is 42.5 Å². The molecule has 1 atom stereocenters. The number of benzene rings is 2. The van der Waals surface area contributed by atoms with Gasteiger partial charge in [0, 0.05) is 40.2 Å². The molecule has 0 saturated heterocycles. The van der Waals surface area contributed by atoms with Crippen LogP contribution in [-0.4, -0.2) is 58.1 Å². The third-order valence-electron chi connectivity index (χ3n) is 4.39. The maximum atomic E-state index is 12.1. The summed E-state index contributed by atoms with van der Waals surface area (Å²) in [6.45, 7) is 1.08. The largest absolute Gasteiger partial charge is 0.396 e. The van der Waals surface area contributed by atoms with E-state index in [1.807, 2.05) is 30.3 Å². The second-order valence-corrected chi connectivity index (χ2v) is 8.68. The Morgan fingerprint density at radius 3 is 2.21 bits per heavy atom. The van der Waals surface area contributed by atoms with Crippen LogP contribution in [0, 0.1) is 0 Å². The molecule has 160 valence electrons. The molecule has 0 bridgehead atoms. The SMILES string of the molecule is CN=C(NCc1ccc(S(=O)(=O)N(C)C)cc1)NCC(CO)c1ccccc1.I. The van der Waals surface area contributed by atoms with Gasteiger partial charge in [-0.2, -0.15) is 0 Å². The third kappa shape index (κ3) is 7.25. The summed E-state index contributed by atoms with van der Waals surface area (Å²) in [6, 6.07) is 16.6. The van der Waals surface area contributed by atoms with Crippen LogP contribution in [0.15, 0.2) is 64.5 Å². The summed E-state index contributed by atoms with van der Waals surface area (Å²) in [4.78, 5) is 4.45. The number of hydrogen-bond acceptors (Lipinski definition) is 4. The first-order valence-corrected chi connectivity index (χ1v) is 10.4. The van der Waals surface area contributed by atoms with Crippen LogP contribution in [0.5, 0.6) is 0 Å². The molecule has 0 spiro atoms. The normalized spacial score (nSPS) is 12.9. The Morgan fingerprint density at radius 1 is 1.07 bits per heavy atom. The van der Waals surface area contributed by atoms with Gasteiger partial charge in [-0.25, -0.2) is 12.7 Å². The van der Waals surface area contributed by atoms with Crippen LogP contribution in [0.4, 0.5) is 0 Å². The minimum absolute atomic E-state index is 0. The fourth-order valence-corrected chi connectivity index (χ4v) is 3.53. The molecular formula is C20H29IN4O3S. The molecule has 0 aliphatic rings. The number of guanidine groups is 1. The highest BCUT2D eigenvalue weighted by Gasteiger charge is 2.16. The average Bonchev–Trinajstić information content (AvgIpc) is 2.71. The zero-order chi connectivity index (χ0) is 20.6. The molecule has 2 rings (SSSR count). The van der Waals surface area contributed by atoms with Gasteiger partial charge >= 0.3 is 0 Å². The van der Waals surface area contributed by atoms with Gasteiger partial charge in [-0.05, 0) is 23.3 Å². The maximum Gasteiger partial charge on any atom is 0.242 e. The number of sulfonamides is 1. The Balaban J connectivity index is 0.00000420. The molecule has 0 fully saturated rings. The standard InChI is InChI=1S/C20H28N4O3S.HI/c1-21-20(23-14-18(15-25)17-7-5-4-6-8-17)22-13-16-9-11-19(12-10-16)28(26,27)24(2)3;/h4-12,18,25H,13-15H2,1-3H3,(H2,21,22,23);1H. The lowest BCUT2D eigenvalue weighted by Gasteiger charge is -2.18. The predicted octanol–water partition coefficient (Wildman–Crippen LogP) is 2.00. The van der Waals surface area contributed by atoms with E-state index in [0.29, 0.717) is 19.0 Å². The number of aliphatic imine (C=N–C) groups is 1. The van der Waals surface area contributed by atoms with Crippen LogP contribution < -0.4 is 10.6 Å². The molecule has 0 amide bonds. The Hall–Kier alpha value is -1.69. The van der Waals surface area contributed by atoms with Crippen molar-refractivity contribution in [1.82, 2.24) is 14.9 Å². The van der Waals surface area contributed by atoms with Crippen molar-refractivity contribution in [3.05, 3.63) is 65.7 Å². The van der Waals surface area contributed by atoms with E-state index in [9.17, 15) is 13.5 Å². The van der Waals surface area contributed by atoms with Gasteiger partial charge in [-0.3, -0.25) is 4.99 Å². The van der Waals surface area contributed by atoms with Crippen molar-refractivity contribution in [1.29, 1.82) is 0 Å². The Kier molecular flexibility index (Phi) is 10.6. The van der Waals surface area contributed by atoms with E-state index in [4.69, 9.17) is 0 Å². The quantitative estimate of drug-likeness (QED) is 0.275. The molecule has 9 heteroatoms. The highest BCUT2D eigenvalue weighted by Crippen LogP contribution is 2.14. The minimum atomic E-state index is -3.42. The molecule has 2 aromatic rings. The number of aliphatic hydroxyl groups is 1. The van der Waals surface area contributed by atoms with Crippen molar-refractivity contribution in [3.63, 3.8) is 0 Å². The molecule has 3 N–H and O–H groups in total. The summed E-state index contributed by atoms with van der Waals surface area (Å²) in [5.41, 5.74) is 1.99. The van der Waals surface area contributed by atoms with E-state index < -0.39 is 10.0 Å². The molecular weight excluding hydrogens is 503 g/mol. The smallest absolute Gasteiger partial charge is 0.242 e. The lowest BCUT2D eigenvalue weighted by molar-refractivity contribution is 0.265. The summed E-state index contributed by atoms with van der Waals surface area (Å²) < 4.78 is 25.4. The van der Waals surface area contributed by atoms with Crippen molar-refractivity contribution in [2.24, 2.45) is 4.99 Å². The van der Waals surface area contributed by atoms with Gasteiger partial charge in [0.05, 0.1) is 11.5 Å². The van der Waals surface area contributed by atoms with E-state index >= 15 is 0 Å². The predicted molar refractivity (Wildman–Crippen MR) is 127 cm³/mol. The van der Waals surface area contributed by atoms with Crippen LogP contribution >= 0.6 is 24.0 Å². The van der Waals surface area contributed by atoms with E-state index in [2.05, 4.69) is 15.6 Å². The second-order valence-electron chi connectivity index (χ2n) is 6.53. The molecule has 1 unspecified atom stereocenters. The first-order chi connectivity index (χ1) is 13.4. The topological polar surface area (TPSA) is 94.0 Å². The number of halogens is 1. The van der Waals surface area contributed by atoms with Crippen LogP contribution in [0.1, 0.15) is 17.0 Å². The van der Waals surface area contributed by atoms with Crippen LogP contribution in [-0.2, 0) is 16.6 Å². The van der Waals surface area contributed by atoms with Gasteiger partial charge in [0.1, 0.15) is 0 Å².